The maximum Gasteiger partial charge on any atom is 0.416 e. The Kier molecular flexibility index (Phi) is 8.45. The monoisotopic (exact) mass is 505 g/mol. The molecule has 2 N–H and O–H groups in total. The van der Waals surface area contributed by atoms with Gasteiger partial charge in [-0.2, -0.15) is 13.2 Å². The quantitative estimate of drug-likeness (QED) is 0.349. The molecule has 1 aliphatic heterocycles. The molecule has 2 aliphatic rings. The highest BCUT2D eigenvalue weighted by Gasteiger charge is 2.35. The lowest BCUT2D eigenvalue weighted by atomic mass is 9.81. The fourth-order valence-electron chi connectivity index (χ4n) is 4.69. The topological polar surface area (TPSA) is 93.0 Å². The van der Waals surface area contributed by atoms with Crippen molar-refractivity contribution < 1.29 is 32.6 Å². The van der Waals surface area contributed by atoms with Crippen LogP contribution in [0.4, 0.5) is 13.2 Å². The molecule has 2 heterocycles. The summed E-state index contributed by atoms with van der Waals surface area (Å²) in [4.78, 5) is 20.5. The summed E-state index contributed by atoms with van der Waals surface area (Å²) in [5, 5.41) is 15.9. The van der Waals surface area contributed by atoms with Gasteiger partial charge in [0.05, 0.1) is 35.6 Å². The molecule has 1 aromatic heterocycles. The number of nitrogens with zero attached hydrogens (tertiary/aromatic N) is 2. The summed E-state index contributed by atoms with van der Waals surface area (Å²) in [6.07, 6.45) is 0.687. The number of halogens is 3. The van der Waals surface area contributed by atoms with Gasteiger partial charge in [-0.3, -0.25) is 4.79 Å². The van der Waals surface area contributed by atoms with Crippen molar-refractivity contribution in [2.75, 3.05) is 13.2 Å². The van der Waals surface area contributed by atoms with Crippen molar-refractivity contribution in [3.05, 3.63) is 58.3 Å². The third-order valence-electron chi connectivity index (χ3n) is 6.50. The number of oxime groups is 1. The molecule has 2 aromatic rings. The zero-order valence-electron chi connectivity index (χ0n) is 19.9. The van der Waals surface area contributed by atoms with Crippen LogP contribution in [0.25, 0.3) is 0 Å². The lowest BCUT2D eigenvalue weighted by Crippen LogP contribution is -2.21. The molecule has 194 valence electrons. The molecule has 7 nitrogen and oxygen atoms in total. The molecular formula is C26H30F3N3O4. The largest absolute Gasteiger partial charge is 0.481 e. The number of carbonyl (C=O) groups is 1. The van der Waals surface area contributed by atoms with Crippen LogP contribution in [-0.2, 0) is 29.0 Å². The predicted octanol–water partition coefficient (Wildman–Crippen LogP) is 5.42. The predicted molar refractivity (Wildman–Crippen MR) is 127 cm³/mol. The van der Waals surface area contributed by atoms with Crippen LogP contribution in [0.2, 0.25) is 0 Å². The molecular weight excluding hydrogens is 475 g/mol. The second-order valence-electron chi connectivity index (χ2n) is 9.14. The molecule has 0 radical (unpaired) electrons. The Labute approximate surface area is 207 Å². The van der Waals surface area contributed by atoms with E-state index < -0.39 is 17.7 Å². The Balaban J connectivity index is 1.41. The van der Waals surface area contributed by atoms with Crippen molar-refractivity contribution in [2.24, 2.45) is 5.16 Å². The molecule has 1 saturated carbocycles. The fourth-order valence-corrected chi connectivity index (χ4v) is 4.69. The maximum absolute atomic E-state index is 13.8. The first-order valence-corrected chi connectivity index (χ1v) is 12.3. The standard InChI is InChI=1S/C26H30F3N3O4/c27-26(28,29)22-14-17(6-8-20(22)18-4-2-1-3-5-18)16-36-32-23-11-13-35-25-21(23)9-7-19(31-25)15-30-12-10-24(33)34/h6-9,14,18,30H,1-5,10-13,15-16H2,(H,33,34)/b32-23-. The van der Waals surface area contributed by atoms with Gasteiger partial charge in [0.25, 0.3) is 0 Å². The van der Waals surface area contributed by atoms with Gasteiger partial charge in [-0.1, -0.05) is 36.6 Å². The van der Waals surface area contributed by atoms with E-state index in [0.717, 1.165) is 32.1 Å². The molecule has 10 heteroatoms. The molecule has 1 aliphatic carbocycles. The minimum absolute atomic E-state index is 0.0172. The van der Waals surface area contributed by atoms with E-state index in [0.29, 0.717) is 60.1 Å². The molecule has 1 aromatic carbocycles. The maximum atomic E-state index is 13.8. The zero-order chi connectivity index (χ0) is 25.5. The third-order valence-corrected chi connectivity index (χ3v) is 6.50. The summed E-state index contributed by atoms with van der Waals surface area (Å²) >= 11 is 0. The first-order chi connectivity index (χ1) is 17.3. The van der Waals surface area contributed by atoms with E-state index in [1.807, 2.05) is 0 Å². The molecule has 0 atom stereocenters. The molecule has 0 amide bonds. The van der Waals surface area contributed by atoms with E-state index >= 15 is 0 Å². The third kappa shape index (κ3) is 6.75. The highest BCUT2D eigenvalue weighted by atomic mass is 19.4. The number of pyridine rings is 1. The number of rotatable bonds is 9. The van der Waals surface area contributed by atoms with Crippen LogP contribution in [0.1, 0.15) is 78.8 Å². The number of hydrogen-bond donors (Lipinski definition) is 2. The van der Waals surface area contributed by atoms with Crippen LogP contribution in [0.15, 0.2) is 35.5 Å². The van der Waals surface area contributed by atoms with Gasteiger partial charge in [-0.15, -0.1) is 0 Å². The number of hydrogen-bond acceptors (Lipinski definition) is 6. The van der Waals surface area contributed by atoms with E-state index in [-0.39, 0.29) is 18.9 Å². The van der Waals surface area contributed by atoms with Crippen LogP contribution >= 0.6 is 0 Å². The van der Waals surface area contributed by atoms with Gasteiger partial charge < -0.3 is 20.0 Å². The van der Waals surface area contributed by atoms with Crippen molar-refractivity contribution in [3.63, 3.8) is 0 Å². The number of fused-ring (bicyclic) bond motifs is 1. The number of aromatic nitrogens is 1. The van der Waals surface area contributed by atoms with Crippen LogP contribution in [0, 0.1) is 0 Å². The average molecular weight is 506 g/mol. The summed E-state index contributed by atoms with van der Waals surface area (Å²) < 4.78 is 47.1. The van der Waals surface area contributed by atoms with Gasteiger partial charge in [0.1, 0.15) is 6.61 Å². The van der Waals surface area contributed by atoms with E-state index in [4.69, 9.17) is 14.7 Å². The van der Waals surface area contributed by atoms with Crippen LogP contribution in [0.5, 0.6) is 5.88 Å². The van der Waals surface area contributed by atoms with Crippen molar-refractivity contribution in [2.45, 2.75) is 70.2 Å². The summed E-state index contributed by atoms with van der Waals surface area (Å²) in [7, 11) is 0. The molecule has 0 bridgehead atoms. The minimum atomic E-state index is -4.42. The molecule has 0 spiro atoms. The smallest absolute Gasteiger partial charge is 0.416 e. The molecule has 0 saturated heterocycles. The van der Waals surface area contributed by atoms with E-state index in [1.54, 1.807) is 24.3 Å². The van der Waals surface area contributed by atoms with Crippen molar-refractivity contribution in [1.82, 2.24) is 10.3 Å². The number of aliphatic carboxylic acids is 1. The normalized spacial score (nSPS) is 17.5. The lowest BCUT2D eigenvalue weighted by molar-refractivity contribution is -0.139. The van der Waals surface area contributed by atoms with E-state index in [9.17, 15) is 18.0 Å². The number of alkyl halides is 3. The highest BCUT2D eigenvalue weighted by molar-refractivity contribution is 6.02. The first-order valence-electron chi connectivity index (χ1n) is 12.3. The van der Waals surface area contributed by atoms with E-state index in [2.05, 4.69) is 15.5 Å². The second-order valence-corrected chi connectivity index (χ2v) is 9.14. The van der Waals surface area contributed by atoms with E-state index in [1.165, 1.54) is 6.07 Å². The molecule has 1 fully saturated rings. The Bertz CT molecular complexity index is 1100. The van der Waals surface area contributed by atoms with Gasteiger partial charge in [0, 0.05) is 19.5 Å². The fraction of sp³-hybridized carbons (Fsp3) is 0.500. The second kappa shape index (κ2) is 11.7. The van der Waals surface area contributed by atoms with Crippen molar-refractivity contribution >= 4 is 11.7 Å². The van der Waals surface area contributed by atoms with Crippen LogP contribution in [-0.4, -0.2) is 34.9 Å². The SMILES string of the molecule is O=C(O)CCNCc1ccc2c(n1)OCC/C2=N/OCc1ccc(C2CCCCC2)c(C(F)(F)F)c1. The Morgan fingerprint density at radius 2 is 2.00 bits per heavy atom. The van der Waals surface area contributed by atoms with Crippen LogP contribution < -0.4 is 10.1 Å². The van der Waals surface area contributed by atoms with Crippen molar-refractivity contribution in [1.29, 1.82) is 0 Å². The Morgan fingerprint density at radius 1 is 1.19 bits per heavy atom. The van der Waals surface area contributed by atoms with Gasteiger partial charge in [-0.05, 0) is 48.1 Å². The van der Waals surface area contributed by atoms with Gasteiger partial charge in [0.2, 0.25) is 5.88 Å². The molecule has 4 rings (SSSR count). The number of benzene rings is 1. The van der Waals surface area contributed by atoms with Gasteiger partial charge in [-0.25, -0.2) is 4.98 Å². The number of carboxylic acid groups (broad SMARTS) is 1. The van der Waals surface area contributed by atoms with Gasteiger partial charge in [0.15, 0.2) is 0 Å². The van der Waals surface area contributed by atoms with Crippen LogP contribution in [0.3, 0.4) is 0 Å². The zero-order valence-corrected chi connectivity index (χ0v) is 19.9. The molecule has 0 unspecified atom stereocenters. The lowest BCUT2D eigenvalue weighted by Gasteiger charge is -2.25. The highest BCUT2D eigenvalue weighted by Crippen LogP contribution is 2.41. The Morgan fingerprint density at radius 3 is 2.75 bits per heavy atom. The molecule has 36 heavy (non-hydrogen) atoms. The average Bonchev–Trinajstić information content (AvgIpc) is 2.86. The summed E-state index contributed by atoms with van der Waals surface area (Å²) in [5.74, 6) is -0.522. The summed E-state index contributed by atoms with van der Waals surface area (Å²) in [6.45, 7) is 0.998. The number of ether oxygens (including phenoxy) is 1. The Hall–Kier alpha value is -3.14. The summed E-state index contributed by atoms with van der Waals surface area (Å²) in [6, 6.07) is 8.08. The first kappa shape index (κ1) is 25.9. The minimum Gasteiger partial charge on any atom is -0.481 e. The number of nitrogens with one attached hydrogen (secondary N) is 1. The van der Waals surface area contributed by atoms with Gasteiger partial charge >= 0.3 is 12.1 Å². The summed E-state index contributed by atoms with van der Waals surface area (Å²) in [5.41, 5.74) is 2.20. The van der Waals surface area contributed by atoms with Crippen molar-refractivity contribution in [3.8, 4) is 5.88 Å². The number of carboxylic acids is 1.